The summed E-state index contributed by atoms with van der Waals surface area (Å²) in [5, 5.41) is 0. The van der Waals surface area contributed by atoms with Gasteiger partial charge in [-0.15, -0.1) is 12.4 Å². The van der Waals surface area contributed by atoms with Gasteiger partial charge in [-0.05, 0) is 6.42 Å². The largest absolute Gasteiger partial charge is 0.411 e. The lowest BCUT2D eigenvalue weighted by atomic mass is 10.3. The molecule has 0 spiro atoms. The van der Waals surface area contributed by atoms with Crippen molar-refractivity contribution in [1.29, 1.82) is 0 Å². The molecule has 1 fully saturated rings. The average Bonchev–Trinajstić information content (AvgIpc) is 2.49. The summed E-state index contributed by atoms with van der Waals surface area (Å²) >= 11 is 0. The van der Waals surface area contributed by atoms with Crippen molar-refractivity contribution < 1.29 is 22.7 Å². The lowest BCUT2D eigenvalue weighted by Gasteiger charge is -2.16. The Kier molecular flexibility index (Phi) is 6.06. The molecule has 4 nitrogen and oxygen atoms in total. The van der Waals surface area contributed by atoms with Gasteiger partial charge in [0.15, 0.2) is 0 Å². The number of halogens is 4. The first-order chi connectivity index (χ1) is 6.88. The van der Waals surface area contributed by atoms with Crippen LogP contribution >= 0.6 is 12.4 Å². The van der Waals surface area contributed by atoms with Gasteiger partial charge < -0.3 is 15.4 Å². The van der Waals surface area contributed by atoms with E-state index in [4.69, 9.17) is 5.73 Å². The average molecular weight is 263 g/mol. The van der Waals surface area contributed by atoms with Crippen molar-refractivity contribution in [2.24, 2.45) is 5.73 Å². The molecule has 0 aromatic carbocycles. The Morgan fingerprint density at radius 2 is 2.12 bits per heavy atom. The maximum atomic E-state index is 11.7. The van der Waals surface area contributed by atoms with Crippen molar-refractivity contribution in [3.8, 4) is 0 Å². The topological polar surface area (TPSA) is 55.6 Å². The van der Waals surface area contributed by atoms with E-state index >= 15 is 0 Å². The van der Waals surface area contributed by atoms with Gasteiger partial charge in [-0.3, -0.25) is 4.79 Å². The first-order valence-corrected chi connectivity index (χ1v) is 4.56. The summed E-state index contributed by atoms with van der Waals surface area (Å²) in [5.74, 6) is -0.438. The maximum absolute atomic E-state index is 11.7. The summed E-state index contributed by atoms with van der Waals surface area (Å²) in [7, 11) is 0. The number of carbonyl (C=O) groups is 1. The molecule has 1 aliphatic heterocycles. The molecule has 1 unspecified atom stereocenters. The third kappa shape index (κ3) is 5.53. The molecule has 0 bridgehead atoms. The number of hydrogen-bond acceptors (Lipinski definition) is 3. The summed E-state index contributed by atoms with van der Waals surface area (Å²) in [4.78, 5) is 12.7. The normalized spacial score (nSPS) is 20.8. The molecule has 96 valence electrons. The van der Waals surface area contributed by atoms with Crippen LogP contribution in [0.3, 0.4) is 0 Å². The highest BCUT2D eigenvalue weighted by atomic mass is 35.5. The predicted octanol–water partition coefficient (Wildman–Crippen LogP) is 0.547. The Balaban J connectivity index is 0.00000225. The van der Waals surface area contributed by atoms with Gasteiger partial charge in [0.1, 0.15) is 13.2 Å². The van der Waals surface area contributed by atoms with Crippen molar-refractivity contribution in [2.75, 3.05) is 26.3 Å². The minimum Gasteiger partial charge on any atom is -0.362 e. The van der Waals surface area contributed by atoms with Crippen molar-refractivity contribution in [1.82, 2.24) is 4.90 Å². The van der Waals surface area contributed by atoms with E-state index in [1.54, 1.807) is 0 Å². The van der Waals surface area contributed by atoms with Crippen molar-refractivity contribution in [2.45, 2.75) is 18.6 Å². The number of likely N-dealkylation sites (tertiary alicyclic amines) is 1. The van der Waals surface area contributed by atoms with E-state index in [-0.39, 0.29) is 18.4 Å². The third-order valence-corrected chi connectivity index (χ3v) is 2.07. The minimum absolute atomic E-state index is 0. The number of rotatable bonds is 3. The van der Waals surface area contributed by atoms with E-state index < -0.39 is 25.3 Å². The molecule has 1 rings (SSSR count). The predicted molar refractivity (Wildman–Crippen MR) is 53.3 cm³/mol. The summed E-state index contributed by atoms with van der Waals surface area (Å²) in [6.45, 7) is -1.03. The van der Waals surface area contributed by atoms with Gasteiger partial charge in [0.2, 0.25) is 5.91 Å². The van der Waals surface area contributed by atoms with Crippen LogP contribution in [-0.2, 0) is 9.53 Å². The second-order valence-electron chi connectivity index (χ2n) is 3.50. The summed E-state index contributed by atoms with van der Waals surface area (Å²) in [5.41, 5.74) is 5.55. The van der Waals surface area contributed by atoms with Crippen molar-refractivity contribution in [3.05, 3.63) is 0 Å². The van der Waals surface area contributed by atoms with E-state index in [0.717, 1.165) is 0 Å². The van der Waals surface area contributed by atoms with E-state index in [1.807, 2.05) is 0 Å². The maximum Gasteiger partial charge on any atom is 0.411 e. The number of nitrogens with two attached hydrogens (primary N) is 1. The lowest BCUT2D eigenvalue weighted by Crippen LogP contribution is -2.35. The highest BCUT2D eigenvalue weighted by Crippen LogP contribution is 2.14. The van der Waals surface area contributed by atoms with Crippen LogP contribution in [0.5, 0.6) is 0 Å². The van der Waals surface area contributed by atoms with Gasteiger partial charge in [0.25, 0.3) is 0 Å². The highest BCUT2D eigenvalue weighted by molar-refractivity contribution is 5.85. The fraction of sp³-hybridized carbons (Fsp3) is 0.875. The number of alkyl halides is 3. The Morgan fingerprint density at radius 1 is 1.50 bits per heavy atom. The second kappa shape index (κ2) is 6.27. The van der Waals surface area contributed by atoms with Crippen LogP contribution in [0.2, 0.25) is 0 Å². The molecule has 0 aromatic heterocycles. The van der Waals surface area contributed by atoms with Gasteiger partial charge in [0, 0.05) is 19.1 Å². The first kappa shape index (κ1) is 15.5. The van der Waals surface area contributed by atoms with E-state index in [2.05, 4.69) is 4.74 Å². The molecule has 1 amide bonds. The molecule has 1 heterocycles. The molecule has 0 aliphatic carbocycles. The van der Waals surface area contributed by atoms with Gasteiger partial charge in [-0.1, -0.05) is 0 Å². The SMILES string of the molecule is Cl.NC1CCN(C(=O)COCC(F)(F)F)C1. The van der Waals surface area contributed by atoms with Gasteiger partial charge in [0.05, 0.1) is 0 Å². The van der Waals surface area contributed by atoms with Crippen molar-refractivity contribution in [3.63, 3.8) is 0 Å². The van der Waals surface area contributed by atoms with Crippen LogP contribution in [-0.4, -0.2) is 49.3 Å². The van der Waals surface area contributed by atoms with Crippen LogP contribution in [0.15, 0.2) is 0 Å². The minimum atomic E-state index is -4.39. The second-order valence-corrected chi connectivity index (χ2v) is 3.50. The smallest absolute Gasteiger partial charge is 0.362 e. The number of hydrogen-bond donors (Lipinski definition) is 1. The zero-order valence-electron chi connectivity index (χ0n) is 8.50. The lowest BCUT2D eigenvalue weighted by molar-refractivity contribution is -0.177. The molecule has 0 saturated carbocycles. The van der Waals surface area contributed by atoms with Crippen LogP contribution in [0, 0.1) is 0 Å². The molecule has 1 atom stereocenters. The molecule has 16 heavy (non-hydrogen) atoms. The van der Waals surface area contributed by atoms with Crippen LogP contribution in [0.4, 0.5) is 13.2 Å². The van der Waals surface area contributed by atoms with Crippen LogP contribution in [0.1, 0.15) is 6.42 Å². The van der Waals surface area contributed by atoms with Crippen molar-refractivity contribution >= 4 is 18.3 Å². The molecular weight excluding hydrogens is 249 g/mol. The summed E-state index contributed by atoms with van der Waals surface area (Å²) < 4.78 is 39.3. The van der Waals surface area contributed by atoms with E-state index in [1.165, 1.54) is 4.90 Å². The summed E-state index contributed by atoms with van der Waals surface area (Å²) in [6, 6.07) is -0.0726. The Bertz CT molecular complexity index is 238. The molecule has 8 heteroatoms. The van der Waals surface area contributed by atoms with E-state index in [9.17, 15) is 18.0 Å². The first-order valence-electron chi connectivity index (χ1n) is 4.56. The zero-order valence-corrected chi connectivity index (χ0v) is 9.31. The highest BCUT2D eigenvalue weighted by Gasteiger charge is 2.29. The van der Waals surface area contributed by atoms with Gasteiger partial charge >= 0.3 is 6.18 Å². The molecule has 0 radical (unpaired) electrons. The fourth-order valence-electron chi connectivity index (χ4n) is 1.36. The van der Waals surface area contributed by atoms with Crippen LogP contribution < -0.4 is 5.73 Å². The Labute approximate surface area is 97.3 Å². The van der Waals surface area contributed by atoms with Gasteiger partial charge in [-0.2, -0.15) is 13.2 Å². The molecule has 1 aliphatic rings. The number of amides is 1. The standard InChI is InChI=1S/C8H13F3N2O2.ClH/c9-8(10,11)5-15-4-7(14)13-2-1-6(12)3-13;/h6H,1-5,12H2;1H. The molecule has 2 N–H and O–H groups in total. The molecule has 1 saturated heterocycles. The number of nitrogens with zero attached hydrogens (tertiary/aromatic N) is 1. The Morgan fingerprint density at radius 3 is 2.56 bits per heavy atom. The van der Waals surface area contributed by atoms with E-state index in [0.29, 0.717) is 19.5 Å². The third-order valence-electron chi connectivity index (χ3n) is 2.07. The quantitative estimate of drug-likeness (QED) is 0.808. The summed E-state index contributed by atoms with van der Waals surface area (Å²) in [6.07, 6.45) is -3.70. The Hall–Kier alpha value is -0.530. The van der Waals surface area contributed by atoms with Crippen LogP contribution in [0.25, 0.3) is 0 Å². The fourth-order valence-corrected chi connectivity index (χ4v) is 1.36. The van der Waals surface area contributed by atoms with Gasteiger partial charge in [-0.25, -0.2) is 0 Å². The number of carbonyl (C=O) groups excluding carboxylic acids is 1. The molecule has 0 aromatic rings. The molecular formula is C8H14ClF3N2O2. The zero-order chi connectivity index (χ0) is 11.5. The number of ether oxygens (including phenoxy) is 1. The monoisotopic (exact) mass is 262 g/mol.